The Morgan fingerprint density at radius 2 is 1.93 bits per heavy atom. The lowest BCUT2D eigenvalue weighted by atomic mass is 10.1. The highest BCUT2D eigenvalue weighted by molar-refractivity contribution is 6.38. The number of hydrogen-bond donors (Lipinski definition) is 1. The van der Waals surface area contributed by atoms with E-state index in [0.717, 1.165) is 19.6 Å². The van der Waals surface area contributed by atoms with E-state index >= 15 is 0 Å². The fourth-order valence-corrected chi connectivity index (χ4v) is 4.02. The predicted octanol–water partition coefficient (Wildman–Crippen LogP) is 1.88. The molecule has 1 aliphatic rings. The molecule has 8 heteroatoms. The minimum Gasteiger partial charge on any atom is -0.332 e. The number of nitrogens with one attached hydrogen (secondary N) is 1. The van der Waals surface area contributed by atoms with Crippen LogP contribution in [0.1, 0.15) is 23.0 Å². The first-order chi connectivity index (χ1) is 13.5. The van der Waals surface area contributed by atoms with Gasteiger partial charge in [0.05, 0.1) is 60.1 Å². The van der Waals surface area contributed by atoms with Crippen LogP contribution in [0.4, 0.5) is 4.39 Å². The molecule has 1 N–H and O–H groups in total. The maximum absolute atomic E-state index is 13.2. The van der Waals surface area contributed by atoms with Crippen LogP contribution < -0.4 is 4.90 Å². The van der Waals surface area contributed by atoms with Crippen molar-refractivity contribution in [2.75, 3.05) is 32.7 Å². The summed E-state index contributed by atoms with van der Waals surface area (Å²) in [7, 11) is 0. The molecule has 0 radical (unpaired) electrons. The van der Waals surface area contributed by atoms with Gasteiger partial charge in [-0.2, -0.15) is 5.10 Å². The summed E-state index contributed by atoms with van der Waals surface area (Å²) in [6.45, 7) is 8.36. The number of nitrogens with zero attached hydrogens (tertiary/aromatic N) is 4. The Labute approximate surface area is 167 Å². The largest absolute Gasteiger partial charge is 0.332 e. The number of amides is 1. The van der Waals surface area contributed by atoms with Crippen LogP contribution >= 0.6 is 11.6 Å². The van der Waals surface area contributed by atoms with Gasteiger partial charge >= 0.3 is 0 Å². The first kappa shape index (κ1) is 18.8. The van der Waals surface area contributed by atoms with Crippen molar-refractivity contribution in [3.63, 3.8) is 0 Å². The van der Waals surface area contributed by atoms with E-state index in [2.05, 4.69) is 17.0 Å². The highest BCUT2D eigenvalue weighted by Crippen LogP contribution is 2.30. The first-order valence-corrected chi connectivity index (χ1v) is 9.80. The van der Waals surface area contributed by atoms with E-state index in [9.17, 15) is 9.18 Å². The smallest absolute Gasteiger partial charge is 0.257 e. The molecule has 146 valence electrons. The number of rotatable bonds is 3. The molecule has 0 unspecified atom stereocenters. The van der Waals surface area contributed by atoms with E-state index in [1.807, 2.05) is 11.8 Å². The lowest BCUT2D eigenvalue weighted by molar-refractivity contribution is -0.902. The maximum Gasteiger partial charge on any atom is 0.257 e. The molecule has 1 aromatic carbocycles. The quantitative estimate of drug-likeness (QED) is 0.727. The zero-order valence-electron chi connectivity index (χ0n) is 15.9. The molecular formula is C20H22ClFN5O+. The van der Waals surface area contributed by atoms with Crippen molar-refractivity contribution >= 4 is 28.5 Å². The number of likely N-dealkylation sites (N-methyl/N-ethyl adjacent to an activating group) is 1. The Bertz CT molecular complexity index is 1030. The molecule has 0 bridgehead atoms. The van der Waals surface area contributed by atoms with Crippen molar-refractivity contribution in [3.05, 3.63) is 52.6 Å². The number of piperazine rings is 1. The summed E-state index contributed by atoms with van der Waals surface area (Å²) in [6, 6.07) is 6.00. The third-order valence-corrected chi connectivity index (χ3v) is 5.76. The monoisotopic (exact) mass is 402 g/mol. The first-order valence-electron chi connectivity index (χ1n) is 9.42. The average Bonchev–Trinajstić information content (AvgIpc) is 3.06. The topological polar surface area (TPSA) is 55.5 Å². The van der Waals surface area contributed by atoms with Crippen LogP contribution in [0.25, 0.3) is 16.7 Å². The zero-order chi connectivity index (χ0) is 19.8. The van der Waals surface area contributed by atoms with Gasteiger partial charge in [-0.15, -0.1) is 0 Å². The van der Waals surface area contributed by atoms with Crippen molar-refractivity contribution in [2.24, 2.45) is 0 Å². The molecule has 1 saturated heterocycles. The van der Waals surface area contributed by atoms with Gasteiger partial charge in [-0.25, -0.2) is 14.1 Å². The standard InChI is InChI=1S/C20H21ClFN5O/c1-3-25-8-10-26(11-9-25)20(28)16-12-23-19-17(18(16)21)13(2)24-27(19)15-6-4-14(22)5-7-15/h4-7,12H,3,8-11H2,1-2H3/p+1. The van der Waals surface area contributed by atoms with E-state index in [1.54, 1.807) is 16.8 Å². The van der Waals surface area contributed by atoms with Gasteiger partial charge in [0.1, 0.15) is 5.82 Å². The minimum absolute atomic E-state index is 0.0940. The van der Waals surface area contributed by atoms with E-state index in [0.29, 0.717) is 46.1 Å². The Morgan fingerprint density at radius 3 is 2.57 bits per heavy atom. The van der Waals surface area contributed by atoms with Crippen LogP contribution in [0.3, 0.4) is 0 Å². The van der Waals surface area contributed by atoms with Crippen LogP contribution in [0.2, 0.25) is 5.02 Å². The molecule has 3 aromatic rings. The summed E-state index contributed by atoms with van der Waals surface area (Å²) < 4.78 is 14.9. The van der Waals surface area contributed by atoms with Crippen LogP contribution in [0, 0.1) is 12.7 Å². The summed E-state index contributed by atoms with van der Waals surface area (Å²) in [5.41, 5.74) is 2.30. The summed E-state index contributed by atoms with van der Waals surface area (Å²) in [5.74, 6) is -0.413. The van der Waals surface area contributed by atoms with Gasteiger partial charge in [0.25, 0.3) is 5.91 Å². The number of carbonyl (C=O) groups excluding carboxylic acids is 1. The predicted molar refractivity (Wildman–Crippen MR) is 106 cm³/mol. The highest BCUT2D eigenvalue weighted by atomic mass is 35.5. The Hall–Kier alpha value is -2.51. The number of quaternary nitrogens is 1. The van der Waals surface area contributed by atoms with Crippen molar-refractivity contribution in [1.29, 1.82) is 0 Å². The third-order valence-electron chi connectivity index (χ3n) is 5.37. The van der Waals surface area contributed by atoms with Gasteiger partial charge in [-0.05, 0) is 38.1 Å². The highest BCUT2D eigenvalue weighted by Gasteiger charge is 2.27. The molecule has 0 atom stereocenters. The van der Waals surface area contributed by atoms with E-state index in [4.69, 9.17) is 11.6 Å². The van der Waals surface area contributed by atoms with E-state index in [1.165, 1.54) is 23.2 Å². The van der Waals surface area contributed by atoms with Gasteiger partial charge in [0.15, 0.2) is 5.65 Å². The van der Waals surface area contributed by atoms with Gasteiger partial charge in [-0.3, -0.25) is 4.79 Å². The van der Waals surface area contributed by atoms with Gasteiger partial charge in [0, 0.05) is 6.20 Å². The lowest BCUT2D eigenvalue weighted by Gasteiger charge is -2.31. The fraction of sp³-hybridized carbons (Fsp3) is 0.350. The number of pyridine rings is 1. The summed E-state index contributed by atoms with van der Waals surface area (Å²) in [6.07, 6.45) is 1.52. The second kappa shape index (κ2) is 7.48. The van der Waals surface area contributed by atoms with Crippen LogP contribution in [-0.4, -0.2) is 58.3 Å². The number of fused-ring (bicyclic) bond motifs is 1. The molecule has 1 fully saturated rings. The van der Waals surface area contributed by atoms with Gasteiger partial charge in [0.2, 0.25) is 0 Å². The number of benzene rings is 1. The molecule has 4 rings (SSSR count). The Kier molecular flexibility index (Phi) is 5.03. The third kappa shape index (κ3) is 3.25. The minimum atomic E-state index is -0.319. The number of hydrogen-bond acceptors (Lipinski definition) is 3. The zero-order valence-corrected chi connectivity index (χ0v) is 16.6. The molecule has 0 saturated carbocycles. The summed E-state index contributed by atoms with van der Waals surface area (Å²) in [5, 5.41) is 5.52. The van der Waals surface area contributed by atoms with Crippen molar-refractivity contribution < 1.29 is 14.1 Å². The molecular weight excluding hydrogens is 381 g/mol. The lowest BCUT2D eigenvalue weighted by Crippen LogP contribution is -3.14. The molecule has 3 heterocycles. The molecule has 1 aliphatic heterocycles. The van der Waals surface area contributed by atoms with Crippen LogP contribution in [0.5, 0.6) is 0 Å². The molecule has 0 aliphatic carbocycles. The van der Waals surface area contributed by atoms with Crippen molar-refractivity contribution in [3.8, 4) is 5.69 Å². The normalized spacial score (nSPS) is 15.4. The summed E-state index contributed by atoms with van der Waals surface area (Å²) >= 11 is 6.64. The fourth-order valence-electron chi connectivity index (χ4n) is 3.67. The second-order valence-corrected chi connectivity index (χ2v) is 7.43. The molecule has 28 heavy (non-hydrogen) atoms. The number of aromatic nitrogens is 3. The molecule has 2 aromatic heterocycles. The second-order valence-electron chi connectivity index (χ2n) is 7.05. The Balaban J connectivity index is 1.71. The van der Waals surface area contributed by atoms with Crippen molar-refractivity contribution in [1.82, 2.24) is 19.7 Å². The van der Waals surface area contributed by atoms with Crippen LogP contribution in [0.15, 0.2) is 30.5 Å². The average molecular weight is 403 g/mol. The van der Waals surface area contributed by atoms with Crippen LogP contribution in [-0.2, 0) is 0 Å². The molecule has 1 amide bonds. The maximum atomic E-state index is 13.2. The Morgan fingerprint density at radius 1 is 1.25 bits per heavy atom. The molecule has 6 nitrogen and oxygen atoms in total. The number of carbonyl (C=O) groups is 1. The van der Waals surface area contributed by atoms with E-state index < -0.39 is 0 Å². The van der Waals surface area contributed by atoms with Gasteiger partial charge in [-0.1, -0.05) is 11.6 Å². The number of halogens is 2. The van der Waals surface area contributed by atoms with Gasteiger partial charge < -0.3 is 9.80 Å². The van der Waals surface area contributed by atoms with E-state index in [-0.39, 0.29) is 11.7 Å². The number of aryl methyl sites for hydroxylation is 1. The van der Waals surface area contributed by atoms with Crippen molar-refractivity contribution in [2.45, 2.75) is 13.8 Å². The summed E-state index contributed by atoms with van der Waals surface area (Å²) in [4.78, 5) is 20.8. The molecule has 0 spiro atoms. The SMILES string of the molecule is CC[NH+]1CCN(C(=O)c2cnc3c(c(C)nn3-c3ccc(F)cc3)c2Cl)CC1.